The molecule has 2 aromatic heterocycles. The van der Waals surface area contributed by atoms with E-state index in [2.05, 4.69) is 15.2 Å². The Hall–Kier alpha value is -2.20. The maximum atomic E-state index is 6.00. The summed E-state index contributed by atoms with van der Waals surface area (Å²) in [7, 11) is 0. The van der Waals surface area contributed by atoms with E-state index >= 15 is 0 Å². The van der Waals surface area contributed by atoms with Gasteiger partial charge in [0.25, 0.3) is 0 Å². The fourth-order valence-corrected chi connectivity index (χ4v) is 2.00. The topological polar surface area (TPSA) is 42.0 Å². The average molecular weight is 271 g/mol. The second kappa shape index (κ2) is 4.82. The third-order valence-corrected chi connectivity index (χ3v) is 2.96. The van der Waals surface area contributed by atoms with Gasteiger partial charge in [0.2, 0.25) is 0 Å². The van der Waals surface area contributed by atoms with Crippen molar-refractivity contribution in [2.45, 2.75) is 6.92 Å². The Kier molecular flexibility index (Phi) is 3.01. The zero-order chi connectivity index (χ0) is 13.2. The molecular weight excluding hydrogens is 260 g/mol. The number of azo groups is 1. The van der Waals surface area contributed by atoms with Crippen molar-refractivity contribution in [2.75, 3.05) is 0 Å². The number of hydrogen-bond donors (Lipinski definition) is 0. The molecule has 0 saturated heterocycles. The Labute approximate surface area is 115 Å². The van der Waals surface area contributed by atoms with Crippen LogP contribution in [0.15, 0.2) is 58.9 Å². The molecule has 1 aromatic carbocycles. The quantitative estimate of drug-likeness (QED) is 0.622. The molecule has 0 fully saturated rings. The van der Waals surface area contributed by atoms with E-state index < -0.39 is 0 Å². The van der Waals surface area contributed by atoms with Gasteiger partial charge in [0, 0.05) is 6.20 Å². The second-order valence-corrected chi connectivity index (χ2v) is 4.57. The third-order valence-electron chi connectivity index (χ3n) is 2.74. The summed E-state index contributed by atoms with van der Waals surface area (Å²) < 4.78 is 1.84. The van der Waals surface area contributed by atoms with Crippen LogP contribution in [0.4, 0.5) is 11.5 Å². The van der Waals surface area contributed by atoms with Gasteiger partial charge >= 0.3 is 0 Å². The number of benzene rings is 1. The molecule has 0 aliphatic rings. The van der Waals surface area contributed by atoms with Crippen molar-refractivity contribution >= 4 is 28.8 Å². The number of imidazole rings is 1. The summed E-state index contributed by atoms with van der Waals surface area (Å²) in [5, 5.41) is 9.12. The average Bonchev–Trinajstić information content (AvgIpc) is 2.73. The number of rotatable bonds is 2. The molecule has 3 aromatic rings. The lowest BCUT2D eigenvalue weighted by Gasteiger charge is -1.97. The molecule has 0 aliphatic heterocycles. The fraction of sp³-hybridized carbons (Fsp3) is 0.0714. The Morgan fingerprint density at radius 2 is 1.84 bits per heavy atom. The second-order valence-electron chi connectivity index (χ2n) is 4.13. The summed E-state index contributed by atoms with van der Waals surface area (Å²) in [6.07, 6.45) is 1.79. The summed E-state index contributed by atoms with van der Waals surface area (Å²) in [5.41, 5.74) is 2.43. The van der Waals surface area contributed by atoms with Gasteiger partial charge in [-0.1, -0.05) is 29.8 Å². The number of nitrogens with zero attached hydrogens (tertiary/aromatic N) is 4. The monoisotopic (exact) mass is 270 g/mol. The van der Waals surface area contributed by atoms with Crippen LogP contribution in [0.1, 0.15) is 5.69 Å². The van der Waals surface area contributed by atoms with E-state index in [1.807, 2.05) is 47.7 Å². The van der Waals surface area contributed by atoms with Crippen molar-refractivity contribution in [3.63, 3.8) is 0 Å². The van der Waals surface area contributed by atoms with E-state index in [4.69, 9.17) is 11.6 Å². The molecule has 4 nitrogen and oxygen atoms in total. The molecule has 0 spiro atoms. The van der Waals surface area contributed by atoms with Crippen molar-refractivity contribution in [3.05, 3.63) is 59.4 Å². The van der Waals surface area contributed by atoms with Gasteiger partial charge < -0.3 is 0 Å². The van der Waals surface area contributed by atoms with Crippen molar-refractivity contribution in [1.29, 1.82) is 0 Å². The minimum absolute atomic E-state index is 0.640. The van der Waals surface area contributed by atoms with Gasteiger partial charge in [0.15, 0.2) is 5.82 Å². The van der Waals surface area contributed by atoms with Crippen molar-refractivity contribution in [3.8, 4) is 0 Å². The summed E-state index contributed by atoms with van der Waals surface area (Å²) in [4.78, 5) is 4.42. The van der Waals surface area contributed by atoms with Crippen LogP contribution in [0.25, 0.3) is 5.65 Å². The van der Waals surface area contributed by atoms with Crippen molar-refractivity contribution in [1.82, 2.24) is 9.38 Å². The first-order chi connectivity index (χ1) is 9.24. The molecule has 0 amide bonds. The molecule has 0 bridgehead atoms. The summed E-state index contributed by atoms with van der Waals surface area (Å²) in [6.45, 7) is 1.90. The molecule has 94 valence electrons. The van der Waals surface area contributed by atoms with Crippen molar-refractivity contribution < 1.29 is 0 Å². The van der Waals surface area contributed by atoms with Gasteiger partial charge in [-0.15, -0.1) is 10.2 Å². The van der Waals surface area contributed by atoms with Gasteiger partial charge in [-0.05, 0) is 31.2 Å². The highest BCUT2D eigenvalue weighted by molar-refractivity contribution is 6.30. The molecule has 0 N–H and O–H groups in total. The minimum atomic E-state index is 0.640. The summed E-state index contributed by atoms with van der Waals surface area (Å²) in [5.74, 6) is 0.696. The first-order valence-corrected chi connectivity index (χ1v) is 6.23. The Morgan fingerprint density at radius 3 is 2.63 bits per heavy atom. The maximum Gasteiger partial charge on any atom is 0.182 e. The predicted octanol–water partition coefficient (Wildman–Crippen LogP) is 4.71. The highest BCUT2D eigenvalue weighted by Crippen LogP contribution is 2.24. The molecule has 0 radical (unpaired) electrons. The van der Waals surface area contributed by atoms with Gasteiger partial charge in [-0.2, -0.15) is 0 Å². The molecule has 0 saturated carbocycles. The number of hydrogen-bond acceptors (Lipinski definition) is 3. The Bertz CT molecular complexity index is 747. The van der Waals surface area contributed by atoms with Crippen LogP contribution >= 0.6 is 11.6 Å². The largest absolute Gasteiger partial charge is 0.281 e. The molecular formula is C14H11ClN4. The Balaban J connectivity index is 2.07. The maximum absolute atomic E-state index is 6.00. The predicted molar refractivity (Wildman–Crippen MR) is 75.6 cm³/mol. The van der Waals surface area contributed by atoms with Gasteiger partial charge in [-0.25, -0.2) is 4.98 Å². The van der Waals surface area contributed by atoms with Gasteiger partial charge in [0.1, 0.15) is 5.65 Å². The number of fused-ring (bicyclic) bond motifs is 1. The SMILES string of the molecule is Cc1nc2ccc(Cl)cn2c1N=Nc1ccccc1. The standard InChI is InChI=1S/C14H11ClN4/c1-10-14(18-17-12-5-3-2-4-6-12)19-9-11(15)7-8-13(19)16-10/h2-9H,1H3. The summed E-state index contributed by atoms with van der Waals surface area (Å²) >= 11 is 6.00. The molecule has 2 heterocycles. The van der Waals surface area contributed by atoms with E-state index in [0.29, 0.717) is 10.8 Å². The van der Waals surface area contributed by atoms with E-state index in [1.165, 1.54) is 0 Å². The lowest BCUT2D eigenvalue weighted by molar-refractivity contribution is 1.09. The smallest absolute Gasteiger partial charge is 0.182 e. The fourth-order valence-electron chi connectivity index (χ4n) is 1.84. The third kappa shape index (κ3) is 2.35. The number of pyridine rings is 1. The van der Waals surface area contributed by atoms with Crippen LogP contribution in [0.5, 0.6) is 0 Å². The van der Waals surface area contributed by atoms with Gasteiger partial charge in [0.05, 0.1) is 16.4 Å². The zero-order valence-corrected chi connectivity index (χ0v) is 11.0. The molecule has 0 unspecified atom stereocenters. The molecule has 3 rings (SSSR count). The number of halogens is 1. The van der Waals surface area contributed by atoms with Crippen LogP contribution in [0.2, 0.25) is 5.02 Å². The molecule has 19 heavy (non-hydrogen) atoms. The van der Waals surface area contributed by atoms with Crippen molar-refractivity contribution in [2.24, 2.45) is 10.2 Å². The first kappa shape index (κ1) is 11.9. The lowest BCUT2D eigenvalue weighted by Crippen LogP contribution is -1.82. The number of aromatic nitrogens is 2. The van der Waals surface area contributed by atoms with Crippen LogP contribution in [-0.2, 0) is 0 Å². The van der Waals surface area contributed by atoms with E-state index in [-0.39, 0.29) is 0 Å². The van der Waals surface area contributed by atoms with Gasteiger partial charge in [-0.3, -0.25) is 4.40 Å². The number of aryl methyl sites for hydroxylation is 1. The molecule has 0 atom stereocenters. The minimum Gasteiger partial charge on any atom is -0.281 e. The molecule has 0 aliphatic carbocycles. The summed E-state index contributed by atoms with van der Waals surface area (Å²) in [6, 6.07) is 13.2. The van der Waals surface area contributed by atoms with Crippen LogP contribution in [0.3, 0.4) is 0 Å². The van der Waals surface area contributed by atoms with E-state index in [1.54, 1.807) is 12.3 Å². The lowest BCUT2D eigenvalue weighted by atomic mass is 10.3. The molecule has 5 heteroatoms. The Morgan fingerprint density at radius 1 is 1.05 bits per heavy atom. The highest BCUT2D eigenvalue weighted by Gasteiger charge is 2.07. The van der Waals surface area contributed by atoms with Crippen LogP contribution < -0.4 is 0 Å². The normalized spacial score (nSPS) is 11.5. The van der Waals surface area contributed by atoms with Crippen LogP contribution in [-0.4, -0.2) is 9.38 Å². The van der Waals surface area contributed by atoms with E-state index in [0.717, 1.165) is 17.0 Å². The first-order valence-electron chi connectivity index (χ1n) is 5.85. The zero-order valence-electron chi connectivity index (χ0n) is 10.3. The highest BCUT2D eigenvalue weighted by atomic mass is 35.5. The van der Waals surface area contributed by atoms with Crippen LogP contribution in [0, 0.1) is 6.92 Å². The van der Waals surface area contributed by atoms with E-state index in [9.17, 15) is 0 Å².